The van der Waals surface area contributed by atoms with Crippen molar-refractivity contribution in [2.24, 2.45) is 0 Å². The second-order valence-corrected chi connectivity index (χ2v) is 4.20. The summed E-state index contributed by atoms with van der Waals surface area (Å²) in [5, 5.41) is 0. The molecule has 21 heavy (non-hydrogen) atoms. The van der Waals surface area contributed by atoms with Gasteiger partial charge in [-0.2, -0.15) is 0 Å². The molecule has 2 aromatic heterocycles. The number of halogens is 3. The first-order valence-corrected chi connectivity index (χ1v) is 5.94. The Kier molecular flexibility index (Phi) is 3.17. The normalized spacial score (nSPS) is 11.6. The van der Waals surface area contributed by atoms with Crippen molar-refractivity contribution in [1.29, 1.82) is 0 Å². The zero-order valence-electron chi connectivity index (χ0n) is 10.5. The number of fused-ring (bicyclic) bond motifs is 1. The largest absolute Gasteiger partial charge is 0.573 e. The molecule has 0 amide bonds. The van der Waals surface area contributed by atoms with E-state index in [9.17, 15) is 13.2 Å². The highest BCUT2D eigenvalue weighted by Gasteiger charge is 2.31. The molecule has 7 heteroatoms. The number of benzene rings is 1. The number of pyridine rings is 1. The first-order chi connectivity index (χ1) is 10.0. The maximum atomic E-state index is 12.2. The van der Waals surface area contributed by atoms with E-state index in [1.54, 1.807) is 24.4 Å². The number of aromatic nitrogens is 3. The van der Waals surface area contributed by atoms with Crippen LogP contribution in [0.1, 0.15) is 0 Å². The van der Waals surface area contributed by atoms with Crippen LogP contribution in [0.5, 0.6) is 5.75 Å². The number of ether oxygens (including phenoxy) is 1. The second-order valence-electron chi connectivity index (χ2n) is 4.20. The van der Waals surface area contributed by atoms with E-state index in [0.717, 1.165) is 0 Å². The number of rotatable bonds is 2. The molecule has 0 saturated heterocycles. The standard InChI is InChI=1S/C14H8F3N3O/c15-14(16,17)21-10-3-1-2-9(6-10)11-4-5-12-13(20-11)7-18-8-19-12/h1-8H. The topological polar surface area (TPSA) is 47.9 Å². The fraction of sp³-hybridized carbons (Fsp3) is 0.0714. The first-order valence-electron chi connectivity index (χ1n) is 5.94. The Labute approximate surface area is 117 Å². The molecule has 2 heterocycles. The number of hydrogen-bond acceptors (Lipinski definition) is 4. The van der Waals surface area contributed by atoms with Gasteiger partial charge in [-0.05, 0) is 24.3 Å². The summed E-state index contributed by atoms with van der Waals surface area (Å²) in [5.41, 5.74) is 2.26. The highest BCUT2D eigenvalue weighted by Crippen LogP contribution is 2.27. The van der Waals surface area contributed by atoms with Crippen molar-refractivity contribution in [2.45, 2.75) is 6.36 Å². The molecule has 0 unspecified atom stereocenters. The van der Waals surface area contributed by atoms with Crippen LogP contribution in [0.3, 0.4) is 0 Å². The van der Waals surface area contributed by atoms with Crippen LogP contribution in [0.2, 0.25) is 0 Å². The Balaban J connectivity index is 2.00. The van der Waals surface area contributed by atoms with Gasteiger partial charge in [-0.3, -0.25) is 0 Å². The smallest absolute Gasteiger partial charge is 0.406 e. The van der Waals surface area contributed by atoms with Gasteiger partial charge in [0.2, 0.25) is 0 Å². The van der Waals surface area contributed by atoms with Gasteiger partial charge in [-0.25, -0.2) is 15.0 Å². The summed E-state index contributed by atoms with van der Waals surface area (Å²) >= 11 is 0. The average molecular weight is 291 g/mol. The first kappa shape index (κ1) is 13.3. The SMILES string of the molecule is FC(F)(F)Oc1cccc(-c2ccc3ncncc3n2)c1. The summed E-state index contributed by atoms with van der Waals surface area (Å²) in [7, 11) is 0. The lowest BCUT2D eigenvalue weighted by molar-refractivity contribution is -0.274. The van der Waals surface area contributed by atoms with E-state index in [1.165, 1.54) is 24.5 Å². The van der Waals surface area contributed by atoms with E-state index >= 15 is 0 Å². The number of hydrogen-bond donors (Lipinski definition) is 0. The Hall–Kier alpha value is -2.70. The maximum absolute atomic E-state index is 12.2. The molecule has 106 valence electrons. The lowest BCUT2D eigenvalue weighted by Gasteiger charge is -2.10. The van der Waals surface area contributed by atoms with E-state index < -0.39 is 6.36 Å². The Morgan fingerprint density at radius 1 is 1.00 bits per heavy atom. The van der Waals surface area contributed by atoms with Crippen molar-refractivity contribution in [3.8, 4) is 17.0 Å². The molecule has 0 spiro atoms. The van der Waals surface area contributed by atoms with Crippen molar-refractivity contribution in [3.63, 3.8) is 0 Å². The fourth-order valence-corrected chi connectivity index (χ4v) is 1.88. The van der Waals surface area contributed by atoms with Crippen LogP contribution in [0.4, 0.5) is 13.2 Å². The van der Waals surface area contributed by atoms with Gasteiger partial charge in [0, 0.05) is 5.56 Å². The zero-order chi connectivity index (χ0) is 14.9. The maximum Gasteiger partial charge on any atom is 0.573 e. The molecule has 0 saturated carbocycles. The minimum absolute atomic E-state index is 0.286. The molecule has 0 fully saturated rings. The monoisotopic (exact) mass is 291 g/mol. The van der Waals surface area contributed by atoms with Gasteiger partial charge in [-0.15, -0.1) is 13.2 Å². The van der Waals surface area contributed by atoms with Gasteiger partial charge < -0.3 is 4.74 Å². The van der Waals surface area contributed by atoms with Crippen molar-refractivity contribution in [2.75, 3.05) is 0 Å². The molecular formula is C14H8F3N3O. The Morgan fingerprint density at radius 3 is 2.67 bits per heavy atom. The third-order valence-corrected chi connectivity index (χ3v) is 2.73. The quantitative estimate of drug-likeness (QED) is 0.724. The lowest BCUT2D eigenvalue weighted by atomic mass is 10.1. The zero-order valence-corrected chi connectivity index (χ0v) is 10.5. The molecular weight excluding hydrogens is 283 g/mol. The van der Waals surface area contributed by atoms with Gasteiger partial charge in [0.25, 0.3) is 0 Å². The fourth-order valence-electron chi connectivity index (χ4n) is 1.88. The van der Waals surface area contributed by atoms with Gasteiger partial charge in [0.15, 0.2) is 0 Å². The van der Waals surface area contributed by atoms with E-state index in [4.69, 9.17) is 0 Å². The summed E-state index contributed by atoms with van der Waals surface area (Å²) in [6.45, 7) is 0. The third kappa shape index (κ3) is 3.07. The van der Waals surface area contributed by atoms with Gasteiger partial charge in [-0.1, -0.05) is 12.1 Å². The summed E-state index contributed by atoms with van der Waals surface area (Å²) in [6.07, 6.45) is -1.77. The molecule has 0 bridgehead atoms. The highest BCUT2D eigenvalue weighted by atomic mass is 19.4. The van der Waals surface area contributed by atoms with Crippen LogP contribution in [0.15, 0.2) is 48.9 Å². The van der Waals surface area contributed by atoms with E-state index in [1.807, 2.05) is 0 Å². The van der Waals surface area contributed by atoms with E-state index in [-0.39, 0.29) is 5.75 Å². The third-order valence-electron chi connectivity index (χ3n) is 2.73. The summed E-state index contributed by atoms with van der Waals surface area (Å²) < 4.78 is 40.6. The van der Waals surface area contributed by atoms with Crippen LogP contribution < -0.4 is 4.74 Å². The van der Waals surface area contributed by atoms with Gasteiger partial charge in [0.05, 0.1) is 17.4 Å². The van der Waals surface area contributed by atoms with Crippen LogP contribution in [0, 0.1) is 0 Å². The molecule has 0 aliphatic rings. The van der Waals surface area contributed by atoms with Crippen LogP contribution in [-0.4, -0.2) is 21.3 Å². The molecule has 4 nitrogen and oxygen atoms in total. The summed E-state index contributed by atoms with van der Waals surface area (Å²) in [5.74, 6) is -0.286. The lowest BCUT2D eigenvalue weighted by Crippen LogP contribution is -2.17. The molecule has 0 aliphatic heterocycles. The predicted octanol–water partition coefficient (Wildman–Crippen LogP) is 3.59. The van der Waals surface area contributed by atoms with Crippen molar-refractivity contribution >= 4 is 11.0 Å². The van der Waals surface area contributed by atoms with Crippen molar-refractivity contribution in [3.05, 3.63) is 48.9 Å². The Bertz CT molecular complexity index is 790. The molecule has 3 rings (SSSR count). The molecule has 0 radical (unpaired) electrons. The predicted molar refractivity (Wildman–Crippen MR) is 69.5 cm³/mol. The second kappa shape index (κ2) is 5.01. The number of alkyl halides is 3. The van der Waals surface area contributed by atoms with Gasteiger partial charge >= 0.3 is 6.36 Å². The van der Waals surface area contributed by atoms with Crippen LogP contribution in [-0.2, 0) is 0 Å². The van der Waals surface area contributed by atoms with Crippen LogP contribution >= 0.6 is 0 Å². The minimum atomic E-state index is -4.72. The van der Waals surface area contributed by atoms with Crippen molar-refractivity contribution in [1.82, 2.24) is 15.0 Å². The molecule has 0 atom stereocenters. The Morgan fingerprint density at radius 2 is 1.86 bits per heavy atom. The van der Waals surface area contributed by atoms with Crippen molar-refractivity contribution < 1.29 is 17.9 Å². The summed E-state index contributed by atoms with van der Waals surface area (Å²) in [4.78, 5) is 12.2. The minimum Gasteiger partial charge on any atom is -0.406 e. The van der Waals surface area contributed by atoms with E-state index in [2.05, 4.69) is 19.7 Å². The van der Waals surface area contributed by atoms with Crippen LogP contribution in [0.25, 0.3) is 22.3 Å². The summed E-state index contributed by atoms with van der Waals surface area (Å²) in [6, 6.07) is 9.07. The molecule has 0 N–H and O–H groups in total. The van der Waals surface area contributed by atoms with E-state index in [0.29, 0.717) is 22.3 Å². The van der Waals surface area contributed by atoms with Gasteiger partial charge in [0.1, 0.15) is 17.6 Å². The molecule has 1 aromatic carbocycles. The highest BCUT2D eigenvalue weighted by molar-refractivity contribution is 5.77. The molecule has 3 aromatic rings. The molecule has 0 aliphatic carbocycles. The average Bonchev–Trinajstić information content (AvgIpc) is 2.45. The number of nitrogens with zero attached hydrogens (tertiary/aromatic N) is 3.